The van der Waals surface area contributed by atoms with Crippen molar-refractivity contribution in [2.24, 2.45) is 0 Å². The van der Waals surface area contributed by atoms with E-state index in [9.17, 15) is 4.39 Å². The minimum atomic E-state index is 0.115. The van der Waals surface area contributed by atoms with Crippen LogP contribution in [0.1, 0.15) is 76.0 Å². The zero-order chi connectivity index (χ0) is 15.0. The maximum atomic E-state index is 14.8. The Labute approximate surface area is 137 Å². The van der Waals surface area contributed by atoms with Crippen molar-refractivity contribution in [3.8, 4) is 0 Å². The summed E-state index contributed by atoms with van der Waals surface area (Å²) >= 11 is 1.43. The standard InChI is InChI=1S/C18H28F.Sn/c1-4-7-10-15-13-14-16(11-8-5-2)18(19)17(15)12-9-6-3;/h14H,4-12H2,1-3H3;. The van der Waals surface area contributed by atoms with Gasteiger partial charge in [0.05, 0.1) is 0 Å². The van der Waals surface area contributed by atoms with Crippen LogP contribution in [-0.2, 0) is 19.3 Å². The average molecular weight is 382 g/mol. The summed E-state index contributed by atoms with van der Waals surface area (Å²) in [6, 6.07) is 2.14. The molecule has 0 fully saturated rings. The Hall–Kier alpha value is -0.0513. The molecule has 111 valence electrons. The summed E-state index contributed by atoms with van der Waals surface area (Å²) in [7, 11) is 0. The van der Waals surface area contributed by atoms with Crippen LogP contribution >= 0.6 is 0 Å². The van der Waals surface area contributed by atoms with Crippen LogP contribution in [0, 0.1) is 5.82 Å². The molecule has 0 aromatic heterocycles. The molecule has 0 amide bonds. The van der Waals surface area contributed by atoms with Crippen molar-refractivity contribution < 1.29 is 4.39 Å². The Morgan fingerprint density at radius 2 is 1.35 bits per heavy atom. The Balaban J connectivity index is 3.11. The second-order valence-corrected chi connectivity index (χ2v) is 7.20. The summed E-state index contributed by atoms with van der Waals surface area (Å²) in [5, 5.41) is 0. The van der Waals surface area contributed by atoms with Crippen LogP contribution in [0.25, 0.3) is 0 Å². The van der Waals surface area contributed by atoms with E-state index in [0.717, 1.165) is 56.1 Å². The summed E-state index contributed by atoms with van der Waals surface area (Å²) in [5.41, 5.74) is 3.34. The fraction of sp³-hybridized carbons (Fsp3) is 0.667. The quantitative estimate of drug-likeness (QED) is 0.546. The van der Waals surface area contributed by atoms with Gasteiger partial charge in [0.15, 0.2) is 0 Å². The first-order valence-electron chi connectivity index (χ1n) is 8.20. The zero-order valence-electron chi connectivity index (χ0n) is 13.3. The molecule has 2 heteroatoms. The maximum absolute atomic E-state index is 14.8. The van der Waals surface area contributed by atoms with E-state index in [1.807, 2.05) is 0 Å². The average Bonchev–Trinajstić information content (AvgIpc) is 2.45. The summed E-state index contributed by atoms with van der Waals surface area (Å²) in [6.45, 7) is 6.56. The summed E-state index contributed by atoms with van der Waals surface area (Å²) in [4.78, 5) is 0. The van der Waals surface area contributed by atoms with E-state index in [-0.39, 0.29) is 5.82 Å². The van der Waals surface area contributed by atoms with Crippen molar-refractivity contribution in [1.29, 1.82) is 0 Å². The van der Waals surface area contributed by atoms with Crippen molar-refractivity contribution in [2.75, 3.05) is 0 Å². The molecule has 0 aliphatic heterocycles. The second-order valence-electron chi connectivity index (χ2n) is 5.67. The first kappa shape index (κ1) is 18.0. The molecule has 0 unspecified atom stereocenters. The molecule has 20 heavy (non-hydrogen) atoms. The van der Waals surface area contributed by atoms with E-state index in [2.05, 4.69) is 26.8 Å². The molecule has 0 nitrogen and oxygen atoms in total. The van der Waals surface area contributed by atoms with Crippen LogP contribution in [-0.4, -0.2) is 22.5 Å². The molecule has 1 rings (SSSR count). The minimum absolute atomic E-state index is 0.115. The number of benzene rings is 1. The van der Waals surface area contributed by atoms with E-state index >= 15 is 0 Å². The molecule has 0 bridgehead atoms. The Morgan fingerprint density at radius 3 is 1.90 bits per heavy atom. The van der Waals surface area contributed by atoms with Crippen LogP contribution in [0.4, 0.5) is 4.39 Å². The summed E-state index contributed by atoms with van der Waals surface area (Å²) in [6.07, 6.45) is 9.69. The molecule has 0 aliphatic carbocycles. The number of hydrogen-bond acceptors (Lipinski definition) is 0. The Kier molecular flexibility index (Phi) is 8.83. The topological polar surface area (TPSA) is 0 Å². The van der Waals surface area contributed by atoms with Gasteiger partial charge < -0.3 is 0 Å². The SMILES string of the molecule is CCCCc1c[c]([Sn])c(CCCC)c(CCCC)c1F. The molecular formula is C18H28FSn. The van der Waals surface area contributed by atoms with Gasteiger partial charge in [0.1, 0.15) is 0 Å². The molecule has 1 aromatic rings. The molecule has 0 N–H and O–H groups in total. The second kappa shape index (κ2) is 9.81. The third kappa shape index (κ3) is 5.05. The molecule has 1 aromatic carbocycles. The predicted molar refractivity (Wildman–Crippen MR) is 87.6 cm³/mol. The van der Waals surface area contributed by atoms with Crippen LogP contribution < -0.4 is 3.58 Å². The van der Waals surface area contributed by atoms with Crippen LogP contribution in [0.2, 0.25) is 0 Å². The van der Waals surface area contributed by atoms with E-state index in [1.54, 1.807) is 0 Å². The molecule has 0 spiro atoms. The first-order chi connectivity index (χ1) is 9.65. The molecule has 0 saturated carbocycles. The first-order valence-corrected chi connectivity index (χ1v) is 9.63. The van der Waals surface area contributed by atoms with E-state index < -0.39 is 0 Å². The van der Waals surface area contributed by atoms with Crippen molar-refractivity contribution >= 4 is 26.1 Å². The van der Waals surface area contributed by atoms with Gasteiger partial charge in [-0.05, 0) is 0 Å². The Bertz CT molecular complexity index is 412. The number of hydrogen-bond donors (Lipinski definition) is 0. The van der Waals surface area contributed by atoms with Gasteiger partial charge in [-0.2, -0.15) is 0 Å². The van der Waals surface area contributed by atoms with E-state index in [4.69, 9.17) is 0 Å². The fourth-order valence-corrected chi connectivity index (χ4v) is 3.90. The van der Waals surface area contributed by atoms with Gasteiger partial charge in [0, 0.05) is 0 Å². The molecule has 0 aliphatic rings. The van der Waals surface area contributed by atoms with Crippen LogP contribution in [0.3, 0.4) is 0 Å². The van der Waals surface area contributed by atoms with Gasteiger partial charge in [-0.1, -0.05) is 0 Å². The molecule has 0 heterocycles. The molecule has 3 radical (unpaired) electrons. The van der Waals surface area contributed by atoms with Crippen molar-refractivity contribution in [3.05, 3.63) is 28.6 Å². The number of aryl methyl sites for hydroxylation is 1. The number of unbranched alkanes of at least 4 members (excludes halogenated alkanes) is 3. The Morgan fingerprint density at radius 1 is 0.850 bits per heavy atom. The molecular weight excluding hydrogens is 354 g/mol. The predicted octanol–water partition coefficient (Wildman–Crippen LogP) is 4.65. The molecule has 0 saturated heterocycles. The summed E-state index contributed by atoms with van der Waals surface area (Å²) < 4.78 is 16.2. The van der Waals surface area contributed by atoms with Crippen molar-refractivity contribution in [2.45, 2.75) is 78.6 Å². The zero-order valence-corrected chi connectivity index (χ0v) is 16.2. The van der Waals surface area contributed by atoms with Gasteiger partial charge in [-0.15, -0.1) is 0 Å². The van der Waals surface area contributed by atoms with E-state index in [0.29, 0.717) is 0 Å². The van der Waals surface area contributed by atoms with Gasteiger partial charge in [0.2, 0.25) is 0 Å². The third-order valence-electron chi connectivity index (χ3n) is 3.92. The monoisotopic (exact) mass is 383 g/mol. The van der Waals surface area contributed by atoms with Gasteiger partial charge in [0.25, 0.3) is 0 Å². The van der Waals surface area contributed by atoms with Gasteiger partial charge >= 0.3 is 138 Å². The summed E-state index contributed by atoms with van der Waals surface area (Å²) in [5.74, 6) is 0.115. The van der Waals surface area contributed by atoms with Crippen molar-refractivity contribution in [1.82, 2.24) is 0 Å². The third-order valence-corrected chi connectivity index (χ3v) is 5.19. The number of halogens is 1. The normalized spacial score (nSPS) is 11.1. The van der Waals surface area contributed by atoms with Crippen molar-refractivity contribution in [3.63, 3.8) is 0 Å². The van der Waals surface area contributed by atoms with Crippen LogP contribution in [0.5, 0.6) is 0 Å². The van der Waals surface area contributed by atoms with E-state index in [1.165, 1.54) is 44.5 Å². The van der Waals surface area contributed by atoms with Gasteiger partial charge in [-0.3, -0.25) is 0 Å². The van der Waals surface area contributed by atoms with Crippen LogP contribution in [0.15, 0.2) is 6.07 Å². The fourth-order valence-electron chi connectivity index (χ4n) is 2.62. The molecule has 0 atom stereocenters. The van der Waals surface area contributed by atoms with Gasteiger partial charge in [-0.25, -0.2) is 0 Å². The number of rotatable bonds is 9.